The van der Waals surface area contributed by atoms with Gasteiger partial charge in [-0.15, -0.1) is 12.4 Å². The molecule has 1 aromatic carbocycles. The molecule has 0 aliphatic heterocycles. The Morgan fingerprint density at radius 1 is 1.27 bits per heavy atom. The van der Waals surface area contributed by atoms with Crippen molar-refractivity contribution in [2.75, 3.05) is 6.61 Å². The second-order valence-corrected chi connectivity index (χ2v) is 3.99. The number of aliphatic hydroxyl groups is 1. The summed E-state index contributed by atoms with van der Waals surface area (Å²) in [5, 5.41) is 12.5. The summed E-state index contributed by atoms with van der Waals surface area (Å²) in [5.74, 6) is 0.712. The number of halogens is 1. The van der Waals surface area contributed by atoms with Crippen LogP contribution in [0.1, 0.15) is 18.4 Å². The van der Waals surface area contributed by atoms with Crippen molar-refractivity contribution in [1.29, 1.82) is 0 Å². The highest BCUT2D eigenvalue weighted by Crippen LogP contribution is 2.32. The van der Waals surface area contributed by atoms with E-state index < -0.39 is 0 Å². The van der Waals surface area contributed by atoms with Gasteiger partial charge in [0, 0.05) is 12.6 Å². The molecule has 0 aromatic heterocycles. The number of hydrogen-bond acceptors (Lipinski definition) is 2. The highest BCUT2D eigenvalue weighted by Gasteiger charge is 2.29. The van der Waals surface area contributed by atoms with Crippen LogP contribution in [0.5, 0.6) is 0 Å². The standard InChI is InChI=1S/C12H17NO.ClH/c14-9-12(11-6-7-11)13-8-10-4-2-1-3-5-10;/h1-5,11-14H,6-9H2;1H. The Labute approximate surface area is 97.1 Å². The second-order valence-electron chi connectivity index (χ2n) is 3.99. The van der Waals surface area contributed by atoms with Gasteiger partial charge in [0.15, 0.2) is 0 Å². The molecule has 1 fully saturated rings. The average molecular weight is 228 g/mol. The average Bonchev–Trinajstić information content (AvgIpc) is 3.05. The minimum absolute atomic E-state index is 0. The molecule has 1 unspecified atom stereocenters. The third-order valence-electron chi connectivity index (χ3n) is 2.80. The van der Waals surface area contributed by atoms with Gasteiger partial charge in [-0.3, -0.25) is 0 Å². The molecule has 1 saturated carbocycles. The van der Waals surface area contributed by atoms with E-state index in [4.69, 9.17) is 5.11 Å². The predicted octanol–water partition coefficient (Wildman–Crippen LogP) is 1.97. The molecule has 2 rings (SSSR count). The molecule has 84 valence electrons. The lowest BCUT2D eigenvalue weighted by molar-refractivity contribution is 0.227. The summed E-state index contributed by atoms with van der Waals surface area (Å²) < 4.78 is 0. The Bertz CT molecular complexity index is 274. The van der Waals surface area contributed by atoms with Gasteiger partial charge in [-0.05, 0) is 24.3 Å². The van der Waals surface area contributed by atoms with Gasteiger partial charge in [0.05, 0.1) is 6.61 Å². The van der Waals surface area contributed by atoms with Gasteiger partial charge >= 0.3 is 0 Å². The first-order valence-corrected chi connectivity index (χ1v) is 5.28. The number of nitrogens with one attached hydrogen (secondary N) is 1. The zero-order valence-corrected chi connectivity index (χ0v) is 9.54. The van der Waals surface area contributed by atoms with Crippen molar-refractivity contribution in [1.82, 2.24) is 5.32 Å². The van der Waals surface area contributed by atoms with E-state index in [0.717, 1.165) is 6.54 Å². The number of benzene rings is 1. The Balaban J connectivity index is 0.00000112. The van der Waals surface area contributed by atoms with Crippen molar-refractivity contribution >= 4 is 12.4 Å². The van der Waals surface area contributed by atoms with Crippen molar-refractivity contribution < 1.29 is 5.11 Å². The van der Waals surface area contributed by atoms with Gasteiger partial charge in [0.2, 0.25) is 0 Å². The van der Waals surface area contributed by atoms with Gasteiger partial charge in [-0.1, -0.05) is 30.3 Å². The summed E-state index contributed by atoms with van der Waals surface area (Å²) in [7, 11) is 0. The van der Waals surface area contributed by atoms with Crippen LogP contribution in [0.2, 0.25) is 0 Å². The summed E-state index contributed by atoms with van der Waals surface area (Å²) in [6.07, 6.45) is 2.54. The first-order chi connectivity index (χ1) is 6.90. The van der Waals surface area contributed by atoms with Crippen LogP contribution in [0.3, 0.4) is 0 Å². The van der Waals surface area contributed by atoms with Crippen LogP contribution in [-0.4, -0.2) is 17.8 Å². The fourth-order valence-electron chi connectivity index (χ4n) is 1.72. The van der Waals surface area contributed by atoms with E-state index in [-0.39, 0.29) is 19.0 Å². The van der Waals surface area contributed by atoms with E-state index in [1.165, 1.54) is 18.4 Å². The lowest BCUT2D eigenvalue weighted by Gasteiger charge is -2.15. The van der Waals surface area contributed by atoms with Crippen LogP contribution < -0.4 is 5.32 Å². The smallest absolute Gasteiger partial charge is 0.0587 e. The van der Waals surface area contributed by atoms with E-state index in [2.05, 4.69) is 17.4 Å². The Morgan fingerprint density at radius 3 is 2.47 bits per heavy atom. The molecule has 2 N–H and O–H groups in total. The molecular weight excluding hydrogens is 210 g/mol. The zero-order valence-electron chi connectivity index (χ0n) is 8.73. The highest BCUT2D eigenvalue weighted by atomic mass is 35.5. The van der Waals surface area contributed by atoms with E-state index in [1.54, 1.807) is 0 Å². The van der Waals surface area contributed by atoms with Crippen LogP contribution in [0.25, 0.3) is 0 Å². The van der Waals surface area contributed by atoms with Crippen molar-refractivity contribution in [3.05, 3.63) is 35.9 Å². The largest absolute Gasteiger partial charge is 0.395 e. The lowest BCUT2D eigenvalue weighted by atomic mass is 10.1. The molecule has 2 nitrogen and oxygen atoms in total. The SMILES string of the molecule is Cl.OCC(NCc1ccccc1)C1CC1. The fraction of sp³-hybridized carbons (Fsp3) is 0.500. The predicted molar refractivity (Wildman–Crippen MR) is 64.1 cm³/mol. The molecule has 15 heavy (non-hydrogen) atoms. The molecule has 0 bridgehead atoms. The second kappa shape index (κ2) is 6.11. The molecule has 0 spiro atoms. The summed E-state index contributed by atoms with van der Waals surface area (Å²) in [5.41, 5.74) is 1.28. The molecule has 0 radical (unpaired) electrons. The van der Waals surface area contributed by atoms with Gasteiger partial charge in [-0.2, -0.15) is 0 Å². The number of rotatable bonds is 5. The normalized spacial score (nSPS) is 16.9. The molecule has 0 saturated heterocycles. The summed E-state index contributed by atoms with van der Waals surface area (Å²) in [6.45, 7) is 1.13. The monoisotopic (exact) mass is 227 g/mol. The minimum atomic E-state index is 0. The number of aliphatic hydroxyl groups excluding tert-OH is 1. The topological polar surface area (TPSA) is 32.3 Å². The lowest BCUT2D eigenvalue weighted by Crippen LogP contribution is -2.33. The Hall–Kier alpha value is -0.570. The third kappa shape index (κ3) is 3.82. The first kappa shape index (κ1) is 12.5. The minimum Gasteiger partial charge on any atom is -0.395 e. The highest BCUT2D eigenvalue weighted by molar-refractivity contribution is 5.85. The number of hydrogen-bond donors (Lipinski definition) is 2. The van der Waals surface area contributed by atoms with Crippen LogP contribution in [0, 0.1) is 5.92 Å². The van der Waals surface area contributed by atoms with E-state index in [0.29, 0.717) is 12.0 Å². The first-order valence-electron chi connectivity index (χ1n) is 5.28. The Kier molecular flexibility index (Phi) is 5.09. The quantitative estimate of drug-likeness (QED) is 0.806. The van der Waals surface area contributed by atoms with Crippen molar-refractivity contribution in [3.63, 3.8) is 0 Å². The van der Waals surface area contributed by atoms with Crippen molar-refractivity contribution in [2.45, 2.75) is 25.4 Å². The van der Waals surface area contributed by atoms with E-state index >= 15 is 0 Å². The third-order valence-corrected chi connectivity index (χ3v) is 2.80. The van der Waals surface area contributed by atoms with Crippen LogP contribution in [0.4, 0.5) is 0 Å². The zero-order chi connectivity index (χ0) is 9.80. The van der Waals surface area contributed by atoms with E-state index in [1.807, 2.05) is 18.2 Å². The molecule has 1 aliphatic carbocycles. The van der Waals surface area contributed by atoms with E-state index in [9.17, 15) is 0 Å². The van der Waals surface area contributed by atoms with Crippen molar-refractivity contribution in [3.8, 4) is 0 Å². The summed E-state index contributed by atoms with van der Waals surface area (Å²) in [6, 6.07) is 10.6. The van der Waals surface area contributed by atoms with Gasteiger partial charge in [0.25, 0.3) is 0 Å². The molecular formula is C12H18ClNO. The molecule has 0 heterocycles. The fourth-order valence-corrected chi connectivity index (χ4v) is 1.72. The molecule has 0 amide bonds. The van der Waals surface area contributed by atoms with Crippen LogP contribution >= 0.6 is 12.4 Å². The van der Waals surface area contributed by atoms with Crippen molar-refractivity contribution in [2.24, 2.45) is 5.92 Å². The summed E-state index contributed by atoms with van der Waals surface area (Å²) >= 11 is 0. The van der Waals surface area contributed by atoms with Gasteiger partial charge < -0.3 is 10.4 Å². The maximum Gasteiger partial charge on any atom is 0.0587 e. The molecule has 1 aromatic rings. The van der Waals surface area contributed by atoms with Gasteiger partial charge in [-0.25, -0.2) is 0 Å². The molecule has 1 atom stereocenters. The van der Waals surface area contributed by atoms with Crippen LogP contribution in [0.15, 0.2) is 30.3 Å². The molecule has 1 aliphatic rings. The molecule has 3 heteroatoms. The Morgan fingerprint density at radius 2 is 1.93 bits per heavy atom. The summed E-state index contributed by atoms with van der Waals surface area (Å²) in [4.78, 5) is 0. The maximum atomic E-state index is 9.15. The van der Waals surface area contributed by atoms with Crippen LogP contribution in [-0.2, 0) is 6.54 Å². The maximum absolute atomic E-state index is 9.15. The van der Waals surface area contributed by atoms with Gasteiger partial charge in [0.1, 0.15) is 0 Å².